The summed E-state index contributed by atoms with van der Waals surface area (Å²) < 4.78 is 27.7. The number of hydrogen-bond acceptors (Lipinski definition) is 5. The number of sulfonamides is 1. The fraction of sp³-hybridized carbons (Fsp3) is 0.190. The largest absolute Gasteiger partial charge is 0.326 e. The molecule has 7 nitrogen and oxygen atoms in total. The molecule has 29 heavy (non-hydrogen) atoms. The first kappa shape index (κ1) is 20.6. The molecule has 0 spiro atoms. The van der Waals surface area contributed by atoms with Crippen molar-refractivity contribution in [3.63, 3.8) is 0 Å². The van der Waals surface area contributed by atoms with Gasteiger partial charge in [-0.1, -0.05) is 37.3 Å². The van der Waals surface area contributed by atoms with E-state index in [-0.39, 0.29) is 17.3 Å². The highest BCUT2D eigenvalue weighted by Gasteiger charge is 2.14. The highest BCUT2D eigenvalue weighted by Crippen LogP contribution is 2.17. The van der Waals surface area contributed by atoms with Gasteiger partial charge in [-0.2, -0.15) is 0 Å². The van der Waals surface area contributed by atoms with Crippen molar-refractivity contribution < 1.29 is 13.2 Å². The Bertz CT molecular complexity index is 1070. The first-order chi connectivity index (χ1) is 14.0. The molecular formula is C21H22N4O3S. The standard InChI is InChI=1S/C21H22N4O3S/c1-2-6-21(26)25-17-9-11-19(12-10-17)29(27,28)24-14-18-13-20(23-15-22-18)16-7-4-3-5-8-16/h3-5,7-13,15,24H,2,6,14H2,1H3,(H,25,26). The third-order valence-electron chi connectivity index (χ3n) is 4.16. The predicted octanol–water partition coefficient (Wildman–Crippen LogP) is 3.36. The van der Waals surface area contributed by atoms with Gasteiger partial charge >= 0.3 is 0 Å². The molecule has 2 aromatic carbocycles. The van der Waals surface area contributed by atoms with Crippen LogP contribution in [0.5, 0.6) is 0 Å². The summed E-state index contributed by atoms with van der Waals surface area (Å²) >= 11 is 0. The van der Waals surface area contributed by atoms with E-state index in [1.165, 1.54) is 18.5 Å². The molecule has 1 amide bonds. The van der Waals surface area contributed by atoms with E-state index in [9.17, 15) is 13.2 Å². The molecule has 0 aliphatic carbocycles. The predicted molar refractivity (Wildman–Crippen MR) is 111 cm³/mol. The molecule has 0 aliphatic heterocycles. The molecule has 0 aliphatic rings. The Morgan fingerprint density at radius 1 is 1.00 bits per heavy atom. The summed E-state index contributed by atoms with van der Waals surface area (Å²) in [4.78, 5) is 20.1. The summed E-state index contributed by atoms with van der Waals surface area (Å²) in [6, 6.07) is 17.4. The monoisotopic (exact) mass is 410 g/mol. The van der Waals surface area contributed by atoms with Crippen LogP contribution in [0.25, 0.3) is 11.3 Å². The van der Waals surface area contributed by atoms with Gasteiger partial charge in [0, 0.05) is 17.7 Å². The van der Waals surface area contributed by atoms with E-state index in [1.807, 2.05) is 37.3 Å². The molecule has 0 saturated carbocycles. The minimum Gasteiger partial charge on any atom is -0.326 e. The molecule has 150 valence electrons. The second kappa shape index (κ2) is 9.40. The van der Waals surface area contributed by atoms with Gasteiger partial charge in [-0.3, -0.25) is 4.79 Å². The second-order valence-corrected chi connectivity index (χ2v) is 8.17. The lowest BCUT2D eigenvalue weighted by molar-refractivity contribution is -0.116. The number of aromatic nitrogens is 2. The van der Waals surface area contributed by atoms with Gasteiger partial charge < -0.3 is 5.32 Å². The Hall–Kier alpha value is -3.10. The van der Waals surface area contributed by atoms with E-state index in [1.54, 1.807) is 18.2 Å². The molecule has 0 fully saturated rings. The van der Waals surface area contributed by atoms with Crippen molar-refractivity contribution in [1.82, 2.24) is 14.7 Å². The number of benzene rings is 2. The highest BCUT2D eigenvalue weighted by atomic mass is 32.2. The zero-order chi connectivity index (χ0) is 20.7. The molecule has 0 bridgehead atoms. The summed E-state index contributed by atoms with van der Waals surface area (Å²) in [6.07, 6.45) is 2.59. The number of hydrogen-bond donors (Lipinski definition) is 2. The Morgan fingerprint density at radius 2 is 1.72 bits per heavy atom. The smallest absolute Gasteiger partial charge is 0.240 e. The number of carbonyl (C=O) groups excluding carboxylic acids is 1. The third-order valence-corrected chi connectivity index (χ3v) is 5.58. The maximum Gasteiger partial charge on any atom is 0.240 e. The average molecular weight is 410 g/mol. The molecular weight excluding hydrogens is 388 g/mol. The quantitative estimate of drug-likeness (QED) is 0.593. The zero-order valence-electron chi connectivity index (χ0n) is 16.0. The Kier molecular flexibility index (Phi) is 6.69. The van der Waals surface area contributed by atoms with Crippen molar-refractivity contribution in [3.05, 3.63) is 72.7 Å². The lowest BCUT2D eigenvalue weighted by atomic mass is 10.1. The molecule has 1 aromatic heterocycles. The Balaban J connectivity index is 1.66. The fourth-order valence-corrected chi connectivity index (χ4v) is 3.68. The molecule has 8 heteroatoms. The summed E-state index contributed by atoms with van der Waals surface area (Å²) in [5.41, 5.74) is 2.78. The van der Waals surface area contributed by atoms with Gasteiger partial charge in [0.15, 0.2) is 0 Å². The number of nitrogens with one attached hydrogen (secondary N) is 2. The number of rotatable bonds is 8. The molecule has 0 unspecified atom stereocenters. The van der Waals surface area contributed by atoms with Gasteiger partial charge in [0.25, 0.3) is 0 Å². The van der Waals surface area contributed by atoms with Crippen molar-refractivity contribution in [3.8, 4) is 11.3 Å². The van der Waals surface area contributed by atoms with Gasteiger partial charge in [0.2, 0.25) is 15.9 Å². The first-order valence-electron chi connectivity index (χ1n) is 9.24. The Labute approximate surface area is 170 Å². The number of carbonyl (C=O) groups is 1. The topological polar surface area (TPSA) is 101 Å². The van der Waals surface area contributed by atoms with Gasteiger partial charge in [0.1, 0.15) is 6.33 Å². The molecule has 0 radical (unpaired) electrons. The van der Waals surface area contributed by atoms with E-state index in [2.05, 4.69) is 20.0 Å². The SMILES string of the molecule is CCCC(=O)Nc1ccc(S(=O)(=O)NCc2cc(-c3ccccc3)ncn2)cc1. The van der Waals surface area contributed by atoms with Crippen molar-refractivity contribution in [2.45, 2.75) is 31.2 Å². The van der Waals surface area contributed by atoms with E-state index >= 15 is 0 Å². The van der Waals surface area contributed by atoms with Crippen LogP contribution in [-0.2, 0) is 21.4 Å². The lowest BCUT2D eigenvalue weighted by Gasteiger charge is -2.09. The normalized spacial score (nSPS) is 11.2. The second-order valence-electron chi connectivity index (χ2n) is 6.41. The maximum atomic E-state index is 12.6. The first-order valence-corrected chi connectivity index (χ1v) is 10.7. The molecule has 0 atom stereocenters. The van der Waals surface area contributed by atoms with Gasteiger partial charge in [-0.25, -0.2) is 23.1 Å². The van der Waals surface area contributed by atoms with Crippen LogP contribution >= 0.6 is 0 Å². The van der Waals surface area contributed by atoms with Crippen LogP contribution in [0.4, 0.5) is 5.69 Å². The highest BCUT2D eigenvalue weighted by molar-refractivity contribution is 7.89. The fourth-order valence-electron chi connectivity index (χ4n) is 2.68. The van der Waals surface area contributed by atoms with Crippen molar-refractivity contribution >= 4 is 21.6 Å². The molecule has 2 N–H and O–H groups in total. The lowest BCUT2D eigenvalue weighted by Crippen LogP contribution is -2.23. The van der Waals surface area contributed by atoms with Crippen LogP contribution in [0.15, 0.2) is 71.9 Å². The zero-order valence-corrected chi connectivity index (χ0v) is 16.8. The van der Waals surface area contributed by atoms with Crippen LogP contribution in [0, 0.1) is 0 Å². The molecule has 3 rings (SSSR count). The summed E-state index contributed by atoms with van der Waals surface area (Å²) in [6.45, 7) is 1.96. The van der Waals surface area contributed by atoms with Gasteiger partial charge in [-0.15, -0.1) is 0 Å². The average Bonchev–Trinajstić information content (AvgIpc) is 2.74. The van der Waals surface area contributed by atoms with E-state index < -0.39 is 10.0 Å². The van der Waals surface area contributed by atoms with Crippen molar-refractivity contribution in [2.24, 2.45) is 0 Å². The summed E-state index contributed by atoms with van der Waals surface area (Å²) in [5, 5.41) is 2.73. The summed E-state index contributed by atoms with van der Waals surface area (Å²) in [5.74, 6) is -0.0980. The van der Waals surface area contributed by atoms with E-state index in [0.29, 0.717) is 17.8 Å². The van der Waals surface area contributed by atoms with Crippen LogP contribution in [0.2, 0.25) is 0 Å². The Morgan fingerprint density at radius 3 is 2.41 bits per heavy atom. The molecule has 3 aromatic rings. The minimum atomic E-state index is -3.71. The van der Waals surface area contributed by atoms with E-state index in [4.69, 9.17) is 0 Å². The third kappa shape index (κ3) is 5.69. The number of amides is 1. The van der Waals surface area contributed by atoms with Gasteiger partial charge in [-0.05, 0) is 36.8 Å². The minimum absolute atomic E-state index is 0.0413. The van der Waals surface area contributed by atoms with E-state index in [0.717, 1.165) is 17.7 Å². The summed E-state index contributed by atoms with van der Waals surface area (Å²) in [7, 11) is -3.71. The molecule has 0 saturated heterocycles. The number of anilines is 1. The van der Waals surface area contributed by atoms with Crippen molar-refractivity contribution in [1.29, 1.82) is 0 Å². The van der Waals surface area contributed by atoms with Crippen LogP contribution in [0.1, 0.15) is 25.5 Å². The maximum absolute atomic E-state index is 12.6. The number of nitrogens with zero attached hydrogens (tertiary/aromatic N) is 2. The van der Waals surface area contributed by atoms with Gasteiger partial charge in [0.05, 0.1) is 22.8 Å². The van der Waals surface area contributed by atoms with Crippen LogP contribution < -0.4 is 10.0 Å². The van der Waals surface area contributed by atoms with Crippen LogP contribution in [-0.4, -0.2) is 24.3 Å². The van der Waals surface area contributed by atoms with Crippen molar-refractivity contribution in [2.75, 3.05) is 5.32 Å². The molecule has 1 heterocycles. The van der Waals surface area contributed by atoms with Crippen LogP contribution in [0.3, 0.4) is 0 Å².